The number of benzene rings is 1. The second-order valence-corrected chi connectivity index (χ2v) is 6.11. The Kier molecular flexibility index (Phi) is 3.69. The Labute approximate surface area is 122 Å². The summed E-state index contributed by atoms with van der Waals surface area (Å²) in [5, 5.41) is -0.205. The molecule has 0 amide bonds. The van der Waals surface area contributed by atoms with Crippen molar-refractivity contribution in [2.75, 3.05) is 6.61 Å². The van der Waals surface area contributed by atoms with Gasteiger partial charge in [-0.05, 0) is 32.4 Å². The van der Waals surface area contributed by atoms with Crippen molar-refractivity contribution in [2.45, 2.75) is 38.3 Å². The molecule has 0 saturated carbocycles. The first-order valence-corrected chi connectivity index (χ1v) is 7.41. The van der Waals surface area contributed by atoms with Crippen LogP contribution in [0.2, 0.25) is 0 Å². The van der Waals surface area contributed by atoms with Crippen LogP contribution in [0, 0.1) is 11.7 Å². The lowest BCUT2D eigenvalue weighted by molar-refractivity contribution is 0.102. The largest absolute Gasteiger partial charge is 0.378 e. The van der Waals surface area contributed by atoms with Gasteiger partial charge < -0.3 is 9.30 Å². The fourth-order valence-corrected chi connectivity index (χ4v) is 3.03. The van der Waals surface area contributed by atoms with Gasteiger partial charge in [-0.3, -0.25) is 0 Å². The molecular formula is C15H18ClFN2O. The molecule has 2 heterocycles. The molecule has 1 aromatic carbocycles. The summed E-state index contributed by atoms with van der Waals surface area (Å²) in [6, 6.07) is 4.71. The summed E-state index contributed by atoms with van der Waals surface area (Å²) < 4.78 is 21.1. The number of fused-ring (bicyclic) bond motifs is 1. The SMILES string of the molecule is CC(Cl)c1nc2cc(F)ccc2n1CC1CCOC1C. The number of alkyl halides is 1. The zero-order valence-electron chi connectivity index (χ0n) is 11.6. The number of halogens is 2. The number of nitrogens with zero attached hydrogens (tertiary/aromatic N) is 2. The molecule has 5 heteroatoms. The van der Waals surface area contributed by atoms with E-state index >= 15 is 0 Å². The number of hydrogen-bond acceptors (Lipinski definition) is 2. The Hall–Kier alpha value is -1.13. The quantitative estimate of drug-likeness (QED) is 0.803. The van der Waals surface area contributed by atoms with Crippen LogP contribution in [-0.2, 0) is 11.3 Å². The number of imidazole rings is 1. The van der Waals surface area contributed by atoms with E-state index in [1.807, 2.05) is 6.92 Å². The first kappa shape index (κ1) is 13.8. The van der Waals surface area contributed by atoms with Crippen molar-refractivity contribution in [3.63, 3.8) is 0 Å². The standard InChI is InChI=1S/C15H18ClFN2O/c1-9(16)15-18-13-7-12(17)3-4-14(13)19(15)8-11-5-6-20-10(11)2/h3-4,7,9-11H,5-6,8H2,1-2H3. The van der Waals surface area contributed by atoms with Gasteiger partial charge >= 0.3 is 0 Å². The maximum absolute atomic E-state index is 13.3. The van der Waals surface area contributed by atoms with Gasteiger partial charge in [0.2, 0.25) is 0 Å². The molecule has 0 spiro atoms. The Morgan fingerprint density at radius 1 is 1.55 bits per heavy atom. The zero-order valence-corrected chi connectivity index (χ0v) is 12.4. The van der Waals surface area contributed by atoms with Crippen molar-refractivity contribution in [2.24, 2.45) is 5.92 Å². The molecule has 2 aromatic rings. The maximum atomic E-state index is 13.3. The van der Waals surface area contributed by atoms with Gasteiger partial charge in [0.1, 0.15) is 11.6 Å². The van der Waals surface area contributed by atoms with Crippen molar-refractivity contribution in [1.29, 1.82) is 0 Å². The molecule has 0 bridgehead atoms. The van der Waals surface area contributed by atoms with Gasteiger partial charge in [0.15, 0.2) is 0 Å². The molecule has 108 valence electrons. The predicted octanol–water partition coefficient (Wildman–Crippen LogP) is 3.90. The highest BCUT2D eigenvalue weighted by atomic mass is 35.5. The van der Waals surface area contributed by atoms with Crippen LogP contribution in [0.5, 0.6) is 0 Å². The lowest BCUT2D eigenvalue weighted by Gasteiger charge is -2.18. The lowest BCUT2D eigenvalue weighted by Crippen LogP contribution is -2.19. The first-order valence-electron chi connectivity index (χ1n) is 6.97. The second-order valence-electron chi connectivity index (χ2n) is 5.45. The van der Waals surface area contributed by atoms with Gasteiger partial charge in [0, 0.05) is 25.1 Å². The normalized spacial score (nSPS) is 24.4. The Bertz CT molecular complexity index is 626. The van der Waals surface area contributed by atoms with Crippen LogP contribution in [0.25, 0.3) is 11.0 Å². The fourth-order valence-electron chi connectivity index (χ4n) is 2.87. The molecule has 3 unspecified atom stereocenters. The third kappa shape index (κ3) is 2.42. The second kappa shape index (κ2) is 5.34. The monoisotopic (exact) mass is 296 g/mol. The van der Waals surface area contributed by atoms with Crippen LogP contribution in [0.1, 0.15) is 31.5 Å². The summed E-state index contributed by atoms with van der Waals surface area (Å²) >= 11 is 6.23. The molecule has 1 aliphatic heterocycles. The Morgan fingerprint density at radius 3 is 3.00 bits per heavy atom. The summed E-state index contributed by atoms with van der Waals surface area (Å²) in [5.74, 6) is 0.978. The molecule has 0 radical (unpaired) electrons. The summed E-state index contributed by atoms with van der Waals surface area (Å²) in [7, 11) is 0. The topological polar surface area (TPSA) is 27.1 Å². The molecule has 1 aromatic heterocycles. The average molecular weight is 297 g/mol. The highest BCUT2D eigenvalue weighted by molar-refractivity contribution is 6.20. The van der Waals surface area contributed by atoms with Gasteiger partial charge in [-0.15, -0.1) is 11.6 Å². The zero-order chi connectivity index (χ0) is 14.3. The van der Waals surface area contributed by atoms with Crippen LogP contribution in [-0.4, -0.2) is 22.3 Å². The third-order valence-electron chi connectivity index (χ3n) is 4.05. The molecule has 20 heavy (non-hydrogen) atoms. The minimum absolute atomic E-state index is 0.205. The molecule has 1 aliphatic rings. The Balaban J connectivity index is 2.04. The van der Waals surface area contributed by atoms with E-state index in [4.69, 9.17) is 16.3 Å². The molecule has 1 saturated heterocycles. The molecule has 0 aliphatic carbocycles. The summed E-state index contributed by atoms with van der Waals surface area (Å²) in [6.45, 7) is 5.61. The van der Waals surface area contributed by atoms with Gasteiger partial charge in [0.25, 0.3) is 0 Å². The van der Waals surface area contributed by atoms with Crippen molar-refractivity contribution < 1.29 is 9.13 Å². The van der Waals surface area contributed by atoms with E-state index in [0.717, 1.165) is 30.9 Å². The maximum Gasteiger partial charge on any atom is 0.127 e. The van der Waals surface area contributed by atoms with Gasteiger partial charge in [-0.2, -0.15) is 0 Å². The van der Waals surface area contributed by atoms with Crippen molar-refractivity contribution in [3.05, 3.63) is 29.8 Å². The summed E-state index contributed by atoms with van der Waals surface area (Å²) in [4.78, 5) is 4.49. The van der Waals surface area contributed by atoms with Crippen LogP contribution < -0.4 is 0 Å². The fraction of sp³-hybridized carbons (Fsp3) is 0.533. The van der Waals surface area contributed by atoms with E-state index in [2.05, 4.69) is 16.5 Å². The predicted molar refractivity (Wildman–Crippen MR) is 77.5 cm³/mol. The van der Waals surface area contributed by atoms with Crippen LogP contribution in [0.4, 0.5) is 4.39 Å². The smallest absolute Gasteiger partial charge is 0.127 e. The van der Waals surface area contributed by atoms with Crippen LogP contribution in [0.15, 0.2) is 18.2 Å². The summed E-state index contributed by atoms with van der Waals surface area (Å²) in [5.41, 5.74) is 1.60. The van der Waals surface area contributed by atoms with Crippen molar-refractivity contribution in [1.82, 2.24) is 9.55 Å². The molecule has 0 N–H and O–H groups in total. The number of aromatic nitrogens is 2. The van der Waals surface area contributed by atoms with Crippen LogP contribution >= 0.6 is 11.6 Å². The van der Waals surface area contributed by atoms with E-state index in [1.54, 1.807) is 6.07 Å². The first-order chi connectivity index (χ1) is 9.56. The molecule has 3 atom stereocenters. The highest BCUT2D eigenvalue weighted by Gasteiger charge is 2.27. The van der Waals surface area contributed by atoms with Gasteiger partial charge in [-0.25, -0.2) is 9.37 Å². The molecule has 1 fully saturated rings. The van der Waals surface area contributed by atoms with E-state index in [-0.39, 0.29) is 17.3 Å². The third-order valence-corrected chi connectivity index (χ3v) is 4.24. The van der Waals surface area contributed by atoms with E-state index < -0.39 is 0 Å². The highest BCUT2D eigenvalue weighted by Crippen LogP contribution is 2.29. The van der Waals surface area contributed by atoms with Crippen molar-refractivity contribution >= 4 is 22.6 Å². The van der Waals surface area contributed by atoms with E-state index in [0.29, 0.717) is 11.4 Å². The number of ether oxygens (including phenoxy) is 1. The minimum Gasteiger partial charge on any atom is -0.378 e. The average Bonchev–Trinajstić information content (AvgIpc) is 2.95. The van der Waals surface area contributed by atoms with Crippen molar-refractivity contribution in [3.8, 4) is 0 Å². The summed E-state index contributed by atoms with van der Waals surface area (Å²) in [6.07, 6.45) is 1.28. The van der Waals surface area contributed by atoms with Gasteiger partial charge in [-0.1, -0.05) is 0 Å². The van der Waals surface area contributed by atoms with Gasteiger partial charge in [0.05, 0.1) is 22.5 Å². The van der Waals surface area contributed by atoms with Crippen LogP contribution in [0.3, 0.4) is 0 Å². The minimum atomic E-state index is -0.270. The van der Waals surface area contributed by atoms with E-state index in [1.165, 1.54) is 12.1 Å². The molecule has 3 nitrogen and oxygen atoms in total. The Morgan fingerprint density at radius 2 is 2.35 bits per heavy atom. The molecular weight excluding hydrogens is 279 g/mol. The molecule has 3 rings (SSSR count). The number of rotatable bonds is 3. The lowest BCUT2D eigenvalue weighted by atomic mass is 10.0. The number of hydrogen-bond donors (Lipinski definition) is 0. The van der Waals surface area contributed by atoms with E-state index in [9.17, 15) is 4.39 Å².